The molecule has 0 saturated carbocycles. The summed E-state index contributed by atoms with van der Waals surface area (Å²) in [6.07, 6.45) is 2.69. The highest BCUT2D eigenvalue weighted by Crippen LogP contribution is 2.20. The number of carbonyl (C=O) groups excluding carboxylic acids is 1. The molecule has 6 heteroatoms. The Labute approximate surface area is 191 Å². The molecule has 0 aliphatic heterocycles. The summed E-state index contributed by atoms with van der Waals surface area (Å²) in [6.45, 7) is 5.13. The first-order valence-corrected chi connectivity index (χ1v) is 9.52. The van der Waals surface area contributed by atoms with Crippen LogP contribution in [0.15, 0.2) is 78.3 Å². The molecule has 0 aliphatic carbocycles. The van der Waals surface area contributed by atoms with Gasteiger partial charge >= 0.3 is 0 Å². The van der Waals surface area contributed by atoms with Crippen LogP contribution in [0.25, 0.3) is 0 Å². The molecule has 2 aromatic rings. The van der Waals surface area contributed by atoms with Crippen LogP contribution in [0.2, 0.25) is 0 Å². The lowest BCUT2D eigenvalue weighted by Gasteiger charge is -2.20. The van der Waals surface area contributed by atoms with E-state index in [0.29, 0.717) is 19.0 Å². The minimum Gasteiger partial charge on any atom is -0.356 e. The van der Waals surface area contributed by atoms with E-state index in [0.717, 1.165) is 6.42 Å². The molecule has 1 amide bonds. The maximum atomic E-state index is 11.9. The van der Waals surface area contributed by atoms with Crippen LogP contribution < -0.4 is 10.6 Å². The van der Waals surface area contributed by atoms with Crippen LogP contribution in [0, 0.1) is 0 Å². The largest absolute Gasteiger partial charge is 0.356 e. The Kier molecular flexibility index (Phi) is 11.7. The molecule has 2 aromatic carbocycles. The highest BCUT2D eigenvalue weighted by atomic mass is 127. The number of halogens is 1. The molecule has 0 saturated heterocycles. The van der Waals surface area contributed by atoms with Gasteiger partial charge in [-0.2, -0.15) is 0 Å². The number of amides is 1. The number of nitrogens with zero attached hydrogens (tertiary/aromatic N) is 2. The van der Waals surface area contributed by atoms with Gasteiger partial charge < -0.3 is 15.5 Å². The van der Waals surface area contributed by atoms with Crippen molar-refractivity contribution in [3.05, 3.63) is 84.4 Å². The van der Waals surface area contributed by atoms with Gasteiger partial charge in [-0.1, -0.05) is 66.7 Å². The van der Waals surface area contributed by atoms with Gasteiger partial charge in [0, 0.05) is 33.1 Å². The molecule has 1 atom stereocenters. The first-order valence-electron chi connectivity index (χ1n) is 9.52. The van der Waals surface area contributed by atoms with E-state index in [1.165, 1.54) is 16.0 Å². The van der Waals surface area contributed by atoms with Crippen molar-refractivity contribution in [2.75, 3.05) is 33.7 Å². The second-order valence-corrected chi connectivity index (χ2v) is 6.80. The second kappa shape index (κ2) is 13.8. The Morgan fingerprint density at radius 1 is 1.07 bits per heavy atom. The first-order chi connectivity index (χ1) is 13.6. The molecule has 0 fully saturated rings. The third-order valence-electron chi connectivity index (χ3n) is 4.40. The van der Waals surface area contributed by atoms with Gasteiger partial charge in [0.15, 0.2) is 5.96 Å². The smallest absolute Gasteiger partial charge is 0.243 e. The molecule has 0 aliphatic rings. The predicted molar refractivity (Wildman–Crippen MR) is 132 cm³/mol. The van der Waals surface area contributed by atoms with Crippen molar-refractivity contribution in [3.8, 4) is 0 Å². The summed E-state index contributed by atoms with van der Waals surface area (Å²) in [5.41, 5.74) is 2.56. The van der Waals surface area contributed by atoms with E-state index in [-0.39, 0.29) is 42.3 Å². The molecule has 0 aromatic heterocycles. The Morgan fingerprint density at radius 2 is 1.69 bits per heavy atom. The molecule has 1 unspecified atom stereocenters. The van der Waals surface area contributed by atoms with Gasteiger partial charge in [-0.05, 0) is 17.5 Å². The van der Waals surface area contributed by atoms with Crippen LogP contribution in [-0.4, -0.2) is 50.5 Å². The SMILES string of the molecule is C=CCNC(=NCC(=O)N(C)C)NCC(Cc1ccccc1)c1ccccc1.I. The fraction of sp³-hybridized carbons (Fsp3) is 0.304. The highest BCUT2D eigenvalue weighted by molar-refractivity contribution is 14.0. The van der Waals surface area contributed by atoms with Gasteiger partial charge in [-0.15, -0.1) is 30.6 Å². The zero-order valence-electron chi connectivity index (χ0n) is 17.2. The average Bonchev–Trinajstić information content (AvgIpc) is 2.73. The monoisotopic (exact) mass is 506 g/mol. The van der Waals surface area contributed by atoms with Crippen molar-refractivity contribution in [3.63, 3.8) is 0 Å². The lowest BCUT2D eigenvalue weighted by molar-refractivity contribution is -0.127. The number of guanidine groups is 1. The van der Waals surface area contributed by atoms with Crippen LogP contribution in [0.5, 0.6) is 0 Å². The zero-order valence-corrected chi connectivity index (χ0v) is 19.5. The fourth-order valence-corrected chi connectivity index (χ4v) is 2.78. The maximum Gasteiger partial charge on any atom is 0.243 e. The Bertz CT molecular complexity index is 763. The lowest BCUT2D eigenvalue weighted by Crippen LogP contribution is -2.40. The molecule has 0 spiro atoms. The van der Waals surface area contributed by atoms with Crippen LogP contribution in [0.4, 0.5) is 0 Å². The van der Waals surface area contributed by atoms with Crippen molar-refractivity contribution < 1.29 is 4.79 Å². The van der Waals surface area contributed by atoms with E-state index in [4.69, 9.17) is 0 Å². The quantitative estimate of drug-likeness (QED) is 0.237. The molecule has 2 rings (SSSR count). The number of hydrogen-bond donors (Lipinski definition) is 2. The standard InChI is InChI=1S/C23H30N4O.HI/c1-4-15-24-23(26-18-22(28)27(2)3)25-17-21(20-13-9-6-10-14-20)16-19-11-7-5-8-12-19;/h4-14,21H,1,15-18H2,2-3H3,(H2,24,25,26);1H. The van der Waals surface area contributed by atoms with Gasteiger partial charge in [0.05, 0.1) is 0 Å². The number of hydrogen-bond acceptors (Lipinski definition) is 2. The van der Waals surface area contributed by atoms with Crippen LogP contribution in [0.3, 0.4) is 0 Å². The van der Waals surface area contributed by atoms with Crippen molar-refractivity contribution in [2.24, 2.45) is 4.99 Å². The lowest BCUT2D eigenvalue weighted by atomic mass is 9.92. The molecule has 2 N–H and O–H groups in total. The van der Waals surface area contributed by atoms with E-state index < -0.39 is 0 Å². The number of rotatable bonds is 9. The molecule has 0 radical (unpaired) electrons. The average molecular weight is 506 g/mol. The topological polar surface area (TPSA) is 56.7 Å². The van der Waals surface area contributed by atoms with E-state index in [1.54, 1.807) is 20.2 Å². The molecular weight excluding hydrogens is 475 g/mol. The van der Waals surface area contributed by atoms with E-state index >= 15 is 0 Å². The van der Waals surface area contributed by atoms with Crippen molar-refractivity contribution in [2.45, 2.75) is 12.3 Å². The number of benzene rings is 2. The molecule has 0 bridgehead atoms. The van der Waals surface area contributed by atoms with E-state index in [2.05, 4.69) is 70.7 Å². The van der Waals surface area contributed by atoms with Crippen molar-refractivity contribution in [1.29, 1.82) is 0 Å². The van der Waals surface area contributed by atoms with Crippen LogP contribution in [0.1, 0.15) is 17.0 Å². The number of nitrogens with one attached hydrogen (secondary N) is 2. The van der Waals surface area contributed by atoms with Gasteiger partial charge in [0.25, 0.3) is 0 Å². The summed E-state index contributed by atoms with van der Waals surface area (Å²) in [7, 11) is 3.46. The normalized spacial score (nSPS) is 11.7. The number of carbonyl (C=O) groups is 1. The third kappa shape index (κ3) is 9.13. The number of likely N-dealkylation sites (N-methyl/N-ethyl adjacent to an activating group) is 1. The molecule has 0 heterocycles. The Morgan fingerprint density at radius 3 is 2.28 bits per heavy atom. The summed E-state index contributed by atoms with van der Waals surface area (Å²) >= 11 is 0. The minimum absolute atomic E-state index is 0. The summed E-state index contributed by atoms with van der Waals surface area (Å²) in [6, 6.07) is 20.9. The second-order valence-electron chi connectivity index (χ2n) is 6.80. The molecule has 5 nitrogen and oxygen atoms in total. The summed E-state index contributed by atoms with van der Waals surface area (Å²) in [5.74, 6) is 0.858. The summed E-state index contributed by atoms with van der Waals surface area (Å²) in [4.78, 5) is 17.8. The molecular formula is C23H31IN4O. The van der Waals surface area contributed by atoms with Crippen molar-refractivity contribution >= 4 is 35.8 Å². The zero-order chi connectivity index (χ0) is 20.2. The summed E-state index contributed by atoms with van der Waals surface area (Å²) in [5, 5.41) is 6.57. The van der Waals surface area contributed by atoms with Gasteiger partial charge in [-0.3, -0.25) is 4.79 Å². The van der Waals surface area contributed by atoms with Crippen LogP contribution >= 0.6 is 24.0 Å². The third-order valence-corrected chi connectivity index (χ3v) is 4.40. The number of aliphatic imine (C=N–C) groups is 1. The van der Waals surface area contributed by atoms with Gasteiger partial charge in [0.1, 0.15) is 6.54 Å². The summed E-state index contributed by atoms with van der Waals surface area (Å²) < 4.78 is 0. The minimum atomic E-state index is -0.0383. The molecule has 156 valence electrons. The van der Waals surface area contributed by atoms with E-state index in [9.17, 15) is 4.79 Å². The van der Waals surface area contributed by atoms with Gasteiger partial charge in [0.2, 0.25) is 5.91 Å². The predicted octanol–water partition coefficient (Wildman–Crippen LogP) is 3.44. The van der Waals surface area contributed by atoms with Gasteiger partial charge in [-0.25, -0.2) is 4.99 Å². The highest BCUT2D eigenvalue weighted by Gasteiger charge is 2.13. The first kappa shape index (κ1) is 24.7. The van der Waals surface area contributed by atoms with Crippen LogP contribution in [-0.2, 0) is 11.2 Å². The fourth-order valence-electron chi connectivity index (χ4n) is 2.78. The van der Waals surface area contributed by atoms with E-state index in [1.807, 2.05) is 12.1 Å². The molecule has 29 heavy (non-hydrogen) atoms. The van der Waals surface area contributed by atoms with Crippen molar-refractivity contribution in [1.82, 2.24) is 15.5 Å². The Balaban J connectivity index is 0.00000420. The maximum absolute atomic E-state index is 11.9. The Hall–Kier alpha value is -2.35.